The maximum absolute atomic E-state index is 12.9. The zero-order valence-corrected chi connectivity index (χ0v) is 21.4. The first-order chi connectivity index (χ1) is 17.6. The number of benzene rings is 4. The topological polar surface area (TPSA) is 56.8 Å². The zero-order chi connectivity index (χ0) is 24.9. The van der Waals surface area contributed by atoms with Gasteiger partial charge in [-0.05, 0) is 41.0 Å². The molecular weight excluding hydrogens is 518 g/mol. The van der Waals surface area contributed by atoms with Gasteiger partial charge >= 0.3 is 6.09 Å². The quantitative estimate of drug-likeness (QED) is 0.284. The highest BCUT2D eigenvalue weighted by Crippen LogP contribution is 2.49. The fourth-order valence-electron chi connectivity index (χ4n) is 4.71. The molecule has 3 atom stereocenters. The largest absolute Gasteiger partial charge is 0.497 e. The molecule has 0 saturated carbocycles. The third kappa shape index (κ3) is 5.09. The van der Waals surface area contributed by atoms with Crippen molar-refractivity contribution in [1.82, 2.24) is 5.32 Å². The van der Waals surface area contributed by atoms with Gasteiger partial charge in [-0.1, -0.05) is 94.8 Å². The summed E-state index contributed by atoms with van der Waals surface area (Å²) in [5, 5.41) is 3.00. The predicted octanol–water partition coefficient (Wildman–Crippen LogP) is 7.02. The van der Waals surface area contributed by atoms with Crippen LogP contribution in [-0.2, 0) is 11.3 Å². The van der Waals surface area contributed by atoms with E-state index >= 15 is 0 Å². The summed E-state index contributed by atoms with van der Waals surface area (Å²) in [6, 6.07) is 33.7. The fraction of sp³-hybridized carbons (Fsp3) is 0.167. The molecule has 1 amide bonds. The normalized spacial score (nSPS) is 18.4. The maximum atomic E-state index is 12.9. The second-order valence-electron chi connectivity index (χ2n) is 8.58. The van der Waals surface area contributed by atoms with Crippen LogP contribution in [0.4, 0.5) is 4.79 Å². The van der Waals surface area contributed by atoms with Gasteiger partial charge in [-0.3, -0.25) is 5.32 Å². The molecule has 0 fully saturated rings. The first-order valence-electron chi connectivity index (χ1n) is 11.7. The molecule has 0 radical (unpaired) electrons. The number of rotatable bonds is 6. The number of carbonyl (C=O) groups is 1. The molecule has 1 heterocycles. The molecule has 0 unspecified atom stereocenters. The minimum absolute atomic E-state index is 0.0843. The summed E-state index contributed by atoms with van der Waals surface area (Å²) in [6.07, 6.45) is -1.19. The Hall–Kier alpha value is -3.77. The van der Waals surface area contributed by atoms with Crippen LogP contribution >= 0.6 is 15.9 Å². The molecule has 4 aromatic carbocycles. The standard InChI is InChI=1S/C30H26BrNO4/c1-34-22-17-15-21(16-18-22)27-24-12-6-8-14-26(24)36-29(28(27)23-11-5-7-13-25(23)31)32-30(33)35-19-20-9-3-2-4-10-20/h2-18,27-29H,19H2,1H3,(H,32,33)/t27-,28+,29+/m1/s1. The van der Waals surface area contributed by atoms with Crippen LogP contribution in [0, 0.1) is 0 Å². The Morgan fingerprint density at radius 3 is 2.25 bits per heavy atom. The monoisotopic (exact) mass is 543 g/mol. The second kappa shape index (κ2) is 10.9. The summed E-state index contributed by atoms with van der Waals surface area (Å²) >= 11 is 3.73. The van der Waals surface area contributed by atoms with Gasteiger partial charge in [0.25, 0.3) is 0 Å². The molecule has 6 heteroatoms. The Morgan fingerprint density at radius 1 is 0.861 bits per heavy atom. The van der Waals surface area contributed by atoms with E-state index in [2.05, 4.69) is 45.5 Å². The number of para-hydroxylation sites is 1. The summed E-state index contributed by atoms with van der Waals surface area (Å²) in [6.45, 7) is 0.178. The Bertz CT molecular complexity index is 1330. The number of amides is 1. The van der Waals surface area contributed by atoms with Crippen molar-refractivity contribution in [1.29, 1.82) is 0 Å². The fourth-order valence-corrected chi connectivity index (χ4v) is 5.26. The van der Waals surface area contributed by atoms with E-state index in [1.54, 1.807) is 7.11 Å². The van der Waals surface area contributed by atoms with Crippen molar-refractivity contribution >= 4 is 22.0 Å². The summed E-state index contributed by atoms with van der Waals surface area (Å²) in [4.78, 5) is 12.9. The van der Waals surface area contributed by atoms with Gasteiger partial charge in [0.15, 0.2) is 6.23 Å². The molecule has 0 aromatic heterocycles. The van der Waals surface area contributed by atoms with Crippen molar-refractivity contribution in [2.75, 3.05) is 7.11 Å². The Kier molecular flexibility index (Phi) is 7.23. The first kappa shape index (κ1) is 23.9. The number of ether oxygens (including phenoxy) is 3. The average molecular weight is 544 g/mol. The van der Waals surface area contributed by atoms with E-state index in [1.807, 2.05) is 78.9 Å². The van der Waals surface area contributed by atoms with E-state index in [9.17, 15) is 4.79 Å². The lowest BCUT2D eigenvalue weighted by atomic mass is 9.74. The minimum atomic E-state index is -0.658. The number of fused-ring (bicyclic) bond motifs is 1. The van der Waals surface area contributed by atoms with E-state index in [1.165, 1.54) is 0 Å². The van der Waals surface area contributed by atoms with Crippen molar-refractivity contribution in [3.8, 4) is 11.5 Å². The van der Waals surface area contributed by atoms with Gasteiger partial charge in [0.1, 0.15) is 18.1 Å². The summed E-state index contributed by atoms with van der Waals surface area (Å²) in [5.74, 6) is 1.21. The van der Waals surface area contributed by atoms with E-state index in [-0.39, 0.29) is 18.4 Å². The van der Waals surface area contributed by atoms with Gasteiger partial charge in [-0.2, -0.15) is 0 Å². The van der Waals surface area contributed by atoms with Gasteiger partial charge in [0.2, 0.25) is 0 Å². The van der Waals surface area contributed by atoms with Gasteiger partial charge < -0.3 is 14.2 Å². The van der Waals surface area contributed by atoms with Crippen molar-refractivity contribution in [2.24, 2.45) is 0 Å². The average Bonchev–Trinajstić information content (AvgIpc) is 2.92. The van der Waals surface area contributed by atoms with E-state index < -0.39 is 12.3 Å². The van der Waals surface area contributed by atoms with Crippen LogP contribution in [0.5, 0.6) is 11.5 Å². The highest BCUT2D eigenvalue weighted by atomic mass is 79.9. The number of alkyl carbamates (subject to hydrolysis) is 1. The number of carbonyl (C=O) groups excluding carboxylic acids is 1. The molecule has 1 aliphatic heterocycles. The van der Waals surface area contributed by atoms with Gasteiger partial charge in [0.05, 0.1) is 13.0 Å². The van der Waals surface area contributed by atoms with E-state index in [0.717, 1.165) is 38.2 Å². The lowest BCUT2D eigenvalue weighted by Gasteiger charge is -2.40. The van der Waals surface area contributed by atoms with Gasteiger partial charge in [-0.25, -0.2) is 4.79 Å². The van der Waals surface area contributed by atoms with Crippen molar-refractivity contribution in [3.05, 3.63) is 130 Å². The SMILES string of the molecule is COc1ccc([C@@H]2c3ccccc3O[C@H](NC(=O)OCc3ccccc3)[C@H]2c2ccccc2Br)cc1. The van der Waals surface area contributed by atoms with Crippen LogP contribution < -0.4 is 14.8 Å². The second-order valence-corrected chi connectivity index (χ2v) is 9.43. The Balaban J connectivity index is 1.53. The Labute approximate surface area is 219 Å². The van der Waals surface area contributed by atoms with Crippen LogP contribution in [0.15, 0.2) is 108 Å². The van der Waals surface area contributed by atoms with Gasteiger partial charge in [0, 0.05) is 16.0 Å². The van der Waals surface area contributed by atoms with E-state index in [0.29, 0.717) is 0 Å². The molecule has 5 rings (SSSR count). The summed E-state index contributed by atoms with van der Waals surface area (Å²) in [5.41, 5.74) is 4.10. The molecule has 4 aromatic rings. The smallest absolute Gasteiger partial charge is 0.410 e. The molecule has 1 N–H and O–H groups in total. The summed E-state index contributed by atoms with van der Waals surface area (Å²) < 4.78 is 18.3. The Morgan fingerprint density at radius 2 is 1.53 bits per heavy atom. The summed E-state index contributed by atoms with van der Waals surface area (Å²) in [7, 11) is 1.66. The number of hydrogen-bond acceptors (Lipinski definition) is 4. The highest BCUT2D eigenvalue weighted by molar-refractivity contribution is 9.10. The number of halogens is 1. The molecule has 1 aliphatic rings. The highest BCUT2D eigenvalue weighted by Gasteiger charge is 2.42. The minimum Gasteiger partial charge on any atom is -0.497 e. The molecular formula is C30H26BrNO4. The lowest BCUT2D eigenvalue weighted by molar-refractivity contribution is 0.0801. The third-order valence-corrected chi connectivity index (χ3v) is 7.13. The number of nitrogens with one attached hydrogen (secondary N) is 1. The van der Waals surface area contributed by atoms with E-state index in [4.69, 9.17) is 14.2 Å². The number of hydrogen-bond donors (Lipinski definition) is 1. The molecule has 36 heavy (non-hydrogen) atoms. The van der Waals surface area contributed by atoms with Gasteiger partial charge in [-0.15, -0.1) is 0 Å². The molecule has 0 aliphatic carbocycles. The van der Waals surface area contributed by atoms with Crippen molar-refractivity contribution < 1.29 is 19.0 Å². The van der Waals surface area contributed by atoms with Crippen molar-refractivity contribution in [2.45, 2.75) is 24.7 Å². The van der Waals surface area contributed by atoms with Crippen LogP contribution in [-0.4, -0.2) is 19.4 Å². The first-order valence-corrected chi connectivity index (χ1v) is 12.5. The van der Waals surface area contributed by atoms with Crippen LogP contribution in [0.25, 0.3) is 0 Å². The third-order valence-electron chi connectivity index (χ3n) is 6.41. The number of methoxy groups -OCH3 is 1. The molecule has 0 saturated heterocycles. The van der Waals surface area contributed by atoms with Crippen LogP contribution in [0.1, 0.15) is 34.1 Å². The maximum Gasteiger partial charge on any atom is 0.410 e. The zero-order valence-electron chi connectivity index (χ0n) is 19.8. The molecule has 0 bridgehead atoms. The predicted molar refractivity (Wildman–Crippen MR) is 142 cm³/mol. The van der Waals surface area contributed by atoms with Crippen LogP contribution in [0.3, 0.4) is 0 Å². The molecule has 0 spiro atoms. The van der Waals surface area contributed by atoms with Crippen molar-refractivity contribution in [3.63, 3.8) is 0 Å². The lowest BCUT2D eigenvalue weighted by Crippen LogP contribution is -2.48. The molecule has 5 nitrogen and oxygen atoms in total. The van der Waals surface area contributed by atoms with Crippen LogP contribution in [0.2, 0.25) is 0 Å². The molecule has 182 valence electrons.